The fourth-order valence-corrected chi connectivity index (χ4v) is 5.03. The molecule has 0 aliphatic rings. The van der Waals surface area contributed by atoms with Crippen LogP contribution in [-0.4, -0.2) is 28.2 Å². The topological polar surface area (TPSA) is 55.9 Å². The number of hydrogen-bond donors (Lipinski definition) is 0. The van der Waals surface area contributed by atoms with Crippen molar-refractivity contribution in [3.63, 3.8) is 0 Å². The van der Waals surface area contributed by atoms with Crippen LogP contribution in [0.25, 0.3) is 0 Å². The van der Waals surface area contributed by atoms with E-state index < -0.39 is 0 Å². The van der Waals surface area contributed by atoms with Crippen LogP contribution in [0.15, 0.2) is 127 Å². The van der Waals surface area contributed by atoms with E-state index in [9.17, 15) is 0 Å². The highest BCUT2D eigenvalue weighted by atomic mass is 33.1. The molecule has 36 heavy (non-hydrogen) atoms. The number of anilines is 2. The third-order valence-corrected chi connectivity index (χ3v) is 7.62. The first-order chi connectivity index (χ1) is 17.5. The molecular formula is C28H28N6S2. The summed E-state index contributed by atoms with van der Waals surface area (Å²) in [5.41, 5.74) is 5.59. The van der Waals surface area contributed by atoms with Gasteiger partial charge in [0, 0.05) is 49.4 Å². The Morgan fingerprint density at radius 3 is 0.889 bits per heavy atom. The zero-order valence-electron chi connectivity index (χ0n) is 20.7. The van der Waals surface area contributed by atoms with Gasteiger partial charge in [-0.25, -0.2) is 0 Å². The molecule has 4 aromatic rings. The van der Waals surface area contributed by atoms with Crippen molar-refractivity contribution in [2.75, 3.05) is 38.0 Å². The zero-order valence-corrected chi connectivity index (χ0v) is 22.4. The summed E-state index contributed by atoms with van der Waals surface area (Å²) in [7, 11) is 11.5. The minimum Gasteiger partial charge on any atom is -0.378 e. The maximum atomic E-state index is 4.35. The summed E-state index contributed by atoms with van der Waals surface area (Å²) >= 11 is 0. The molecule has 0 spiro atoms. The van der Waals surface area contributed by atoms with Gasteiger partial charge in [-0.15, -0.1) is 0 Å². The predicted molar refractivity (Wildman–Crippen MR) is 154 cm³/mol. The van der Waals surface area contributed by atoms with Crippen molar-refractivity contribution in [1.29, 1.82) is 0 Å². The fourth-order valence-electron chi connectivity index (χ4n) is 3.10. The van der Waals surface area contributed by atoms with Crippen molar-refractivity contribution >= 4 is 55.7 Å². The lowest BCUT2D eigenvalue weighted by Crippen LogP contribution is -2.07. The molecule has 0 fully saturated rings. The molecule has 0 N–H and O–H groups in total. The van der Waals surface area contributed by atoms with E-state index in [1.165, 1.54) is 0 Å². The van der Waals surface area contributed by atoms with Crippen LogP contribution in [0, 0.1) is 0 Å². The van der Waals surface area contributed by atoms with Crippen LogP contribution in [0.4, 0.5) is 34.1 Å². The Hall–Kier alpha value is -3.62. The van der Waals surface area contributed by atoms with Gasteiger partial charge >= 0.3 is 0 Å². The second kappa shape index (κ2) is 12.4. The van der Waals surface area contributed by atoms with Gasteiger partial charge in [-0.2, -0.15) is 20.5 Å². The van der Waals surface area contributed by atoms with E-state index in [1.54, 1.807) is 21.6 Å². The quantitative estimate of drug-likeness (QED) is 0.165. The first kappa shape index (κ1) is 25.5. The summed E-state index contributed by atoms with van der Waals surface area (Å²) in [5, 5.41) is 17.3. The van der Waals surface area contributed by atoms with Crippen molar-refractivity contribution in [2.45, 2.75) is 9.79 Å². The van der Waals surface area contributed by atoms with Crippen LogP contribution in [0.5, 0.6) is 0 Å². The number of benzene rings is 4. The van der Waals surface area contributed by atoms with Crippen molar-refractivity contribution < 1.29 is 0 Å². The number of azo groups is 2. The van der Waals surface area contributed by atoms with Gasteiger partial charge in [0.2, 0.25) is 0 Å². The van der Waals surface area contributed by atoms with Crippen LogP contribution in [0.3, 0.4) is 0 Å². The number of rotatable bonds is 9. The van der Waals surface area contributed by atoms with Gasteiger partial charge in [-0.1, -0.05) is 21.6 Å². The van der Waals surface area contributed by atoms with Crippen LogP contribution >= 0.6 is 21.6 Å². The lowest BCUT2D eigenvalue weighted by Gasteiger charge is -2.11. The Morgan fingerprint density at radius 2 is 0.639 bits per heavy atom. The van der Waals surface area contributed by atoms with Crippen molar-refractivity contribution in [1.82, 2.24) is 0 Å². The summed E-state index contributed by atoms with van der Waals surface area (Å²) < 4.78 is 0. The lowest BCUT2D eigenvalue weighted by molar-refractivity contribution is 1.13. The minimum absolute atomic E-state index is 0.826. The predicted octanol–water partition coefficient (Wildman–Crippen LogP) is 9.45. The fraction of sp³-hybridized carbons (Fsp3) is 0.143. The average molecular weight is 513 g/mol. The smallest absolute Gasteiger partial charge is 0.0858 e. The SMILES string of the molecule is CN(C)c1ccc(/N=N/c2ccc(SSc3ccc(/N=N/c4ccc(N(C)C)cc4)cc3)cc2)cc1. The van der Waals surface area contributed by atoms with Crippen LogP contribution < -0.4 is 9.80 Å². The molecule has 0 aliphatic heterocycles. The molecule has 0 saturated carbocycles. The van der Waals surface area contributed by atoms with Gasteiger partial charge < -0.3 is 9.80 Å². The van der Waals surface area contributed by atoms with Gasteiger partial charge in [0.25, 0.3) is 0 Å². The van der Waals surface area contributed by atoms with Gasteiger partial charge in [0.1, 0.15) is 0 Å². The van der Waals surface area contributed by atoms with Crippen molar-refractivity contribution in [3.8, 4) is 0 Å². The summed E-state index contributed by atoms with van der Waals surface area (Å²) in [6.45, 7) is 0. The average Bonchev–Trinajstić information content (AvgIpc) is 2.91. The molecule has 0 unspecified atom stereocenters. The molecule has 0 bridgehead atoms. The number of hydrogen-bond acceptors (Lipinski definition) is 8. The van der Waals surface area contributed by atoms with Crippen LogP contribution in [0.1, 0.15) is 0 Å². The van der Waals surface area contributed by atoms with Gasteiger partial charge in [0.05, 0.1) is 22.7 Å². The first-order valence-electron chi connectivity index (χ1n) is 11.4. The minimum atomic E-state index is 0.826. The Bertz CT molecular complexity index is 1190. The van der Waals surface area contributed by atoms with E-state index >= 15 is 0 Å². The van der Waals surface area contributed by atoms with E-state index in [0.717, 1.165) is 43.9 Å². The normalized spacial score (nSPS) is 11.3. The Balaban J connectivity index is 1.27. The highest BCUT2D eigenvalue weighted by molar-refractivity contribution is 8.76. The first-order valence-corrected chi connectivity index (χ1v) is 13.5. The molecule has 0 saturated heterocycles. The zero-order chi connectivity index (χ0) is 25.3. The second-order valence-electron chi connectivity index (χ2n) is 8.38. The van der Waals surface area contributed by atoms with Crippen LogP contribution in [-0.2, 0) is 0 Å². The van der Waals surface area contributed by atoms with Crippen molar-refractivity contribution in [3.05, 3.63) is 97.1 Å². The maximum absolute atomic E-state index is 4.35. The molecule has 0 aliphatic carbocycles. The summed E-state index contributed by atoms with van der Waals surface area (Å²) in [6.07, 6.45) is 0. The van der Waals surface area contributed by atoms with E-state index in [0.29, 0.717) is 0 Å². The molecule has 8 heteroatoms. The van der Waals surface area contributed by atoms with Crippen LogP contribution in [0.2, 0.25) is 0 Å². The summed E-state index contributed by atoms with van der Waals surface area (Å²) in [4.78, 5) is 6.42. The third-order valence-electron chi connectivity index (χ3n) is 5.20. The van der Waals surface area contributed by atoms with Gasteiger partial charge in [-0.05, 0) is 97.1 Å². The van der Waals surface area contributed by atoms with Gasteiger partial charge in [-0.3, -0.25) is 0 Å². The molecule has 0 aromatic heterocycles. The molecular weight excluding hydrogens is 484 g/mol. The lowest BCUT2D eigenvalue weighted by atomic mass is 10.3. The molecule has 6 nitrogen and oxygen atoms in total. The monoisotopic (exact) mass is 512 g/mol. The Morgan fingerprint density at radius 1 is 0.389 bits per heavy atom. The molecule has 0 atom stereocenters. The summed E-state index contributed by atoms with van der Waals surface area (Å²) in [6, 6.07) is 32.2. The van der Waals surface area contributed by atoms with E-state index in [4.69, 9.17) is 0 Å². The molecule has 182 valence electrons. The maximum Gasteiger partial charge on any atom is 0.0858 e. The van der Waals surface area contributed by atoms with E-state index in [-0.39, 0.29) is 0 Å². The number of nitrogens with zero attached hydrogens (tertiary/aromatic N) is 6. The van der Waals surface area contributed by atoms with E-state index in [2.05, 4.69) is 54.5 Å². The van der Waals surface area contributed by atoms with E-state index in [1.807, 2.05) is 101 Å². The molecule has 0 radical (unpaired) electrons. The molecule has 4 aromatic carbocycles. The highest BCUT2D eigenvalue weighted by Gasteiger charge is 2.01. The Kier molecular flexibility index (Phi) is 8.76. The molecule has 4 rings (SSSR count). The largest absolute Gasteiger partial charge is 0.378 e. The summed E-state index contributed by atoms with van der Waals surface area (Å²) in [5.74, 6) is 0. The van der Waals surface area contributed by atoms with Gasteiger partial charge in [0.15, 0.2) is 0 Å². The Labute approximate surface area is 220 Å². The third kappa shape index (κ3) is 7.44. The standard InChI is InChI=1S/C28H28N6S2/c1-33(2)25-13-5-21(6-14-25)29-31-23-9-17-27(18-10-23)35-36-28-19-11-24(12-20-28)32-30-22-7-15-26(16-8-22)34(3)4/h5-20H,1-4H3/b31-29+,32-30+. The second-order valence-corrected chi connectivity index (χ2v) is 10.7. The highest BCUT2D eigenvalue weighted by Crippen LogP contribution is 2.38. The van der Waals surface area contributed by atoms with Crippen molar-refractivity contribution in [2.24, 2.45) is 20.5 Å². The molecule has 0 heterocycles. The molecule has 0 amide bonds.